The summed E-state index contributed by atoms with van der Waals surface area (Å²) in [5.74, 6) is 0.742. The van der Waals surface area contributed by atoms with Crippen LogP contribution in [-0.4, -0.2) is 20.2 Å². The third-order valence-corrected chi connectivity index (χ3v) is 4.27. The van der Waals surface area contributed by atoms with Crippen LogP contribution in [0.1, 0.15) is 23.8 Å². The fourth-order valence-electron chi connectivity index (χ4n) is 2.92. The lowest BCUT2D eigenvalue weighted by Crippen LogP contribution is -2.11. The van der Waals surface area contributed by atoms with E-state index in [1.54, 1.807) is 0 Å². The van der Waals surface area contributed by atoms with Crippen LogP contribution in [0.2, 0.25) is 0 Å². The van der Waals surface area contributed by atoms with E-state index in [-0.39, 0.29) is 6.04 Å². The zero-order valence-electron chi connectivity index (χ0n) is 14.0. The first-order valence-electron chi connectivity index (χ1n) is 8.21. The van der Waals surface area contributed by atoms with Crippen LogP contribution < -0.4 is 0 Å². The van der Waals surface area contributed by atoms with Crippen LogP contribution in [0, 0.1) is 6.92 Å². The summed E-state index contributed by atoms with van der Waals surface area (Å²) in [6.45, 7) is 5.93. The van der Waals surface area contributed by atoms with Crippen molar-refractivity contribution in [2.45, 2.75) is 19.4 Å². The average molecular weight is 330 g/mol. The predicted octanol–water partition coefficient (Wildman–Crippen LogP) is 4.56. The van der Waals surface area contributed by atoms with Crippen molar-refractivity contribution in [2.75, 3.05) is 0 Å². The normalized spacial score (nSPS) is 12.4. The molecule has 1 atom stereocenters. The minimum absolute atomic E-state index is 0.128. The Balaban J connectivity index is 1.74. The molecule has 4 aromatic rings. The van der Waals surface area contributed by atoms with Crippen molar-refractivity contribution >= 4 is 11.0 Å². The van der Waals surface area contributed by atoms with Gasteiger partial charge < -0.3 is 4.52 Å². The zero-order chi connectivity index (χ0) is 17.2. The summed E-state index contributed by atoms with van der Waals surface area (Å²) < 4.78 is 7.52. The Morgan fingerprint density at radius 3 is 2.76 bits per heavy atom. The molecule has 5 heteroatoms. The van der Waals surface area contributed by atoms with Gasteiger partial charge in [-0.3, -0.25) is 0 Å². The molecular formula is C20H18N4O. The van der Waals surface area contributed by atoms with E-state index in [0.29, 0.717) is 6.42 Å². The van der Waals surface area contributed by atoms with Crippen LogP contribution in [-0.2, 0) is 0 Å². The van der Waals surface area contributed by atoms with Gasteiger partial charge in [0.15, 0.2) is 5.76 Å². The summed E-state index contributed by atoms with van der Waals surface area (Å²) in [5.41, 5.74) is 4.87. The second kappa shape index (κ2) is 6.36. The molecule has 0 aliphatic heterocycles. The van der Waals surface area contributed by atoms with Gasteiger partial charge in [-0.1, -0.05) is 58.4 Å². The maximum absolute atomic E-state index is 5.65. The lowest BCUT2D eigenvalue weighted by atomic mass is 10.1. The van der Waals surface area contributed by atoms with E-state index in [0.717, 1.165) is 28.1 Å². The summed E-state index contributed by atoms with van der Waals surface area (Å²) in [5, 5.41) is 12.8. The molecule has 1 unspecified atom stereocenters. The number of rotatable bonds is 5. The Morgan fingerprint density at radius 2 is 1.96 bits per heavy atom. The fraction of sp³-hybridized carbons (Fsp3) is 0.150. The topological polar surface area (TPSA) is 56.7 Å². The first-order chi connectivity index (χ1) is 12.3. The number of benzene rings is 2. The molecule has 0 saturated carbocycles. The number of allylic oxidation sites excluding steroid dienone is 1. The van der Waals surface area contributed by atoms with Gasteiger partial charge in [0.2, 0.25) is 0 Å². The van der Waals surface area contributed by atoms with Crippen molar-refractivity contribution in [3.05, 3.63) is 78.6 Å². The van der Waals surface area contributed by atoms with Crippen LogP contribution in [0.15, 0.2) is 71.8 Å². The molecule has 0 aliphatic carbocycles. The highest BCUT2D eigenvalue weighted by atomic mass is 16.5. The van der Waals surface area contributed by atoms with Gasteiger partial charge in [0, 0.05) is 11.6 Å². The maximum atomic E-state index is 5.65. The van der Waals surface area contributed by atoms with Gasteiger partial charge in [-0.25, -0.2) is 4.68 Å². The molecular weight excluding hydrogens is 312 g/mol. The number of aromatic nitrogens is 4. The van der Waals surface area contributed by atoms with E-state index in [9.17, 15) is 0 Å². The van der Waals surface area contributed by atoms with Crippen molar-refractivity contribution < 1.29 is 4.52 Å². The Kier molecular flexibility index (Phi) is 3.90. The van der Waals surface area contributed by atoms with Crippen LogP contribution in [0.4, 0.5) is 0 Å². The second-order valence-corrected chi connectivity index (χ2v) is 6.04. The van der Waals surface area contributed by atoms with Crippen molar-refractivity contribution in [1.29, 1.82) is 0 Å². The van der Waals surface area contributed by atoms with E-state index in [2.05, 4.69) is 41.1 Å². The number of hydrogen-bond acceptors (Lipinski definition) is 4. The Bertz CT molecular complexity index is 1010. The van der Waals surface area contributed by atoms with Crippen LogP contribution >= 0.6 is 0 Å². The van der Waals surface area contributed by atoms with E-state index in [1.807, 2.05) is 53.2 Å². The molecule has 0 fully saturated rings. The Morgan fingerprint density at radius 1 is 1.16 bits per heavy atom. The minimum Gasteiger partial charge on any atom is -0.358 e. The lowest BCUT2D eigenvalue weighted by Gasteiger charge is -2.12. The van der Waals surface area contributed by atoms with Crippen molar-refractivity contribution in [2.24, 2.45) is 0 Å². The third-order valence-electron chi connectivity index (χ3n) is 4.27. The molecule has 0 radical (unpaired) electrons. The number of aryl methyl sites for hydroxylation is 1. The summed E-state index contributed by atoms with van der Waals surface area (Å²) in [7, 11) is 0. The Hall–Kier alpha value is -3.21. The number of hydrogen-bond donors (Lipinski definition) is 0. The number of nitrogens with zero attached hydrogens (tertiary/aromatic N) is 4. The van der Waals surface area contributed by atoms with Gasteiger partial charge >= 0.3 is 0 Å². The highest BCUT2D eigenvalue weighted by Crippen LogP contribution is 2.29. The van der Waals surface area contributed by atoms with Gasteiger partial charge in [0.05, 0.1) is 5.52 Å². The molecule has 124 valence electrons. The van der Waals surface area contributed by atoms with Crippen molar-refractivity contribution in [1.82, 2.24) is 20.2 Å². The molecule has 25 heavy (non-hydrogen) atoms. The summed E-state index contributed by atoms with van der Waals surface area (Å²) in [6, 6.07) is 17.9. The molecule has 4 rings (SSSR count). The lowest BCUT2D eigenvalue weighted by molar-refractivity contribution is 0.336. The molecule has 0 saturated heterocycles. The Labute approximate surface area is 145 Å². The van der Waals surface area contributed by atoms with Crippen LogP contribution in [0.25, 0.3) is 22.3 Å². The first-order valence-corrected chi connectivity index (χ1v) is 8.21. The molecule has 5 nitrogen and oxygen atoms in total. The molecule has 0 bridgehead atoms. The molecule has 2 aromatic heterocycles. The molecule has 0 aliphatic rings. The number of fused-ring (bicyclic) bond motifs is 1. The maximum Gasteiger partial charge on any atom is 0.162 e. The van der Waals surface area contributed by atoms with Crippen LogP contribution in [0.3, 0.4) is 0 Å². The van der Waals surface area contributed by atoms with Gasteiger partial charge in [-0.05, 0) is 25.5 Å². The fourth-order valence-corrected chi connectivity index (χ4v) is 2.92. The van der Waals surface area contributed by atoms with E-state index in [1.165, 1.54) is 5.56 Å². The number of para-hydroxylation sites is 1. The quantitative estimate of drug-likeness (QED) is 0.503. The van der Waals surface area contributed by atoms with Gasteiger partial charge in [-0.2, -0.15) is 0 Å². The highest BCUT2D eigenvalue weighted by molar-refractivity contribution is 5.74. The molecule has 2 heterocycles. The van der Waals surface area contributed by atoms with Crippen molar-refractivity contribution in [3.8, 4) is 11.3 Å². The molecule has 2 aromatic carbocycles. The van der Waals surface area contributed by atoms with Gasteiger partial charge in [0.1, 0.15) is 17.3 Å². The SMILES string of the molecule is C=CCC(c1cc(-c2ccc(C)cc2)no1)n1nnc2ccccc21. The van der Waals surface area contributed by atoms with Gasteiger partial charge in [-0.15, -0.1) is 11.7 Å². The molecule has 0 N–H and O–H groups in total. The second-order valence-electron chi connectivity index (χ2n) is 6.04. The largest absolute Gasteiger partial charge is 0.358 e. The summed E-state index contributed by atoms with van der Waals surface area (Å²) in [6.07, 6.45) is 2.53. The zero-order valence-corrected chi connectivity index (χ0v) is 14.0. The predicted molar refractivity (Wildman–Crippen MR) is 97.2 cm³/mol. The van der Waals surface area contributed by atoms with E-state index < -0.39 is 0 Å². The van der Waals surface area contributed by atoms with Crippen LogP contribution in [0.5, 0.6) is 0 Å². The average Bonchev–Trinajstić information content (AvgIpc) is 3.28. The monoisotopic (exact) mass is 330 g/mol. The third kappa shape index (κ3) is 2.85. The van der Waals surface area contributed by atoms with Gasteiger partial charge in [0.25, 0.3) is 0 Å². The smallest absolute Gasteiger partial charge is 0.162 e. The summed E-state index contributed by atoms with van der Waals surface area (Å²) in [4.78, 5) is 0. The standard InChI is InChI=1S/C20H18N4O/c1-3-6-19(24-18-8-5-4-7-16(18)21-23-24)20-13-17(22-25-20)15-11-9-14(2)10-12-15/h3-5,7-13,19H,1,6H2,2H3. The summed E-state index contributed by atoms with van der Waals surface area (Å²) >= 11 is 0. The minimum atomic E-state index is -0.128. The molecule has 0 amide bonds. The molecule has 0 spiro atoms. The highest BCUT2D eigenvalue weighted by Gasteiger charge is 2.21. The van der Waals surface area contributed by atoms with Crippen molar-refractivity contribution in [3.63, 3.8) is 0 Å². The van der Waals surface area contributed by atoms with E-state index >= 15 is 0 Å². The first kappa shape index (κ1) is 15.3. The van der Waals surface area contributed by atoms with E-state index in [4.69, 9.17) is 4.52 Å².